The first kappa shape index (κ1) is 30.1. The first-order valence-electron chi connectivity index (χ1n) is 14.8. The number of nitrogens with zero attached hydrogens (tertiary/aromatic N) is 4. The molecule has 1 atom stereocenters. The number of amides is 1. The van der Waals surface area contributed by atoms with E-state index in [2.05, 4.69) is 38.0 Å². The van der Waals surface area contributed by atoms with Crippen LogP contribution in [0.5, 0.6) is 0 Å². The van der Waals surface area contributed by atoms with Gasteiger partial charge in [-0.1, -0.05) is 36.4 Å². The number of carbonyl (C=O) groups is 2. The Morgan fingerprint density at radius 2 is 1.84 bits per heavy atom. The fraction of sp³-hybridized carbons (Fsp3) is 0.469. The average molecular weight is 588 g/mol. The van der Waals surface area contributed by atoms with E-state index in [1.165, 1.54) is 5.56 Å². The quantitative estimate of drug-likeness (QED) is 0.308. The molecule has 1 amide bonds. The molecular formula is C32H41N7O4. The molecule has 0 radical (unpaired) electrons. The number of fused-ring (bicyclic) bond motifs is 1. The third-order valence-corrected chi connectivity index (χ3v) is 7.42. The molecule has 1 unspecified atom stereocenters. The number of anilines is 3. The molecule has 0 bridgehead atoms. The number of hydrogen-bond acceptors (Lipinski definition) is 10. The summed E-state index contributed by atoms with van der Waals surface area (Å²) in [5.41, 5.74) is 3.36. The molecule has 228 valence electrons. The average Bonchev–Trinajstić information content (AvgIpc) is 2.95. The molecule has 0 aliphatic carbocycles. The van der Waals surface area contributed by atoms with E-state index in [-0.39, 0.29) is 13.2 Å². The Morgan fingerprint density at radius 3 is 2.58 bits per heavy atom. The normalized spacial score (nSPS) is 15.4. The zero-order chi connectivity index (χ0) is 30.6. The number of aromatic nitrogens is 3. The van der Waals surface area contributed by atoms with Gasteiger partial charge in [0.25, 0.3) is 0 Å². The fourth-order valence-corrected chi connectivity index (χ4v) is 5.18. The Hall–Kier alpha value is -4.41. The summed E-state index contributed by atoms with van der Waals surface area (Å²) in [5.74, 6) is 2.80. The first-order valence-corrected chi connectivity index (χ1v) is 14.8. The van der Waals surface area contributed by atoms with Gasteiger partial charge >= 0.3 is 12.1 Å². The minimum atomic E-state index is -1.00. The van der Waals surface area contributed by atoms with Crippen molar-refractivity contribution >= 4 is 29.5 Å². The molecule has 11 heteroatoms. The number of rotatable bonds is 9. The summed E-state index contributed by atoms with van der Waals surface area (Å²) in [6, 6.07) is 12.7. The highest BCUT2D eigenvalue weighted by Crippen LogP contribution is 2.34. The highest BCUT2D eigenvalue weighted by atomic mass is 16.6. The number of hydrogen-bond donors (Lipinski definition) is 3. The minimum Gasteiger partial charge on any atom is -0.458 e. The smallest absolute Gasteiger partial charge is 0.408 e. The number of ether oxygens (including phenoxy) is 2. The summed E-state index contributed by atoms with van der Waals surface area (Å²) in [6.45, 7) is 11.9. The van der Waals surface area contributed by atoms with Crippen LogP contribution in [0.15, 0.2) is 42.5 Å². The van der Waals surface area contributed by atoms with Gasteiger partial charge in [0.1, 0.15) is 41.5 Å². The van der Waals surface area contributed by atoms with Gasteiger partial charge in [0.2, 0.25) is 0 Å². The Balaban J connectivity index is 1.24. The number of aryl methyl sites for hydroxylation is 2. The summed E-state index contributed by atoms with van der Waals surface area (Å²) < 4.78 is 10.9. The maximum Gasteiger partial charge on any atom is 0.408 e. The number of esters is 1. The predicted octanol–water partition coefficient (Wildman–Crippen LogP) is 4.50. The molecule has 5 rings (SSSR count). The number of pyridine rings is 1. The summed E-state index contributed by atoms with van der Waals surface area (Å²) in [4.78, 5) is 42.1. The van der Waals surface area contributed by atoms with Crippen molar-refractivity contribution in [2.75, 3.05) is 41.7 Å². The molecule has 0 spiro atoms. The molecule has 1 fully saturated rings. The standard InChI is InChI=1S/C32H41N7O4/c1-20-27(34-16-26(30(40)43-32(3,4)5)38-31(41)42-19-22-10-7-6-8-11-22)35-21(2)36-29(20)39-17-24(18-39)25-14-13-23-12-9-15-33-28(23)37-25/h6-8,10-11,13-14,24,26H,9,12,15-19H2,1-5H3,(H,33,37)(H,38,41)(H,34,35,36). The summed E-state index contributed by atoms with van der Waals surface area (Å²) in [5, 5.41) is 9.33. The van der Waals surface area contributed by atoms with Gasteiger partial charge in [-0.3, -0.25) is 0 Å². The lowest BCUT2D eigenvalue weighted by atomic mass is 9.94. The third-order valence-electron chi connectivity index (χ3n) is 7.42. The molecule has 2 aliphatic heterocycles. The van der Waals surface area contributed by atoms with Gasteiger partial charge in [-0.25, -0.2) is 24.5 Å². The highest BCUT2D eigenvalue weighted by Gasteiger charge is 2.33. The molecule has 2 aliphatic rings. The minimum absolute atomic E-state index is 0.0563. The van der Waals surface area contributed by atoms with Crippen molar-refractivity contribution in [2.45, 2.75) is 71.6 Å². The Labute approximate surface area is 252 Å². The molecule has 1 saturated heterocycles. The van der Waals surface area contributed by atoms with Gasteiger partial charge in [0, 0.05) is 43.4 Å². The van der Waals surface area contributed by atoms with Crippen LogP contribution in [0.25, 0.3) is 0 Å². The van der Waals surface area contributed by atoms with Crippen LogP contribution in [0.2, 0.25) is 0 Å². The van der Waals surface area contributed by atoms with Crippen LogP contribution in [0, 0.1) is 13.8 Å². The summed E-state index contributed by atoms with van der Waals surface area (Å²) in [7, 11) is 0. The van der Waals surface area contributed by atoms with Crippen molar-refractivity contribution in [1.29, 1.82) is 0 Å². The van der Waals surface area contributed by atoms with Crippen LogP contribution < -0.4 is 20.9 Å². The van der Waals surface area contributed by atoms with Crippen LogP contribution in [0.1, 0.15) is 61.3 Å². The Kier molecular flexibility index (Phi) is 8.98. The van der Waals surface area contributed by atoms with Gasteiger partial charge < -0.3 is 30.3 Å². The topological polar surface area (TPSA) is 131 Å². The molecule has 1 aromatic carbocycles. The lowest BCUT2D eigenvalue weighted by Crippen LogP contribution is -2.48. The van der Waals surface area contributed by atoms with Crippen molar-refractivity contribution in [1.82, 2.24) is 20.3 Å². The second kappa shape index (κ2) is 12.8. The van der Waals surface area contributed by atoms with E-state index >= 15 is 0 Å². The van der Waals surface area contributed by atoms with E-state index in [4.69, 9.17) is 19.4 Å². The van der Waals surface area contributed by atoms with Gasteiger partial charge in [-0.2, -0.15) is 0 Å². The zero-order valence-corrected chi connectivity index (χ0v) is 25.6. The van der Waals surface area contributed by atoms with E-state index in [1.54, 1.807) is 20.8 Å². The molecule has 11 nitrogen and oxygen atoms in total. The monoisotopic (exact) mass is 587 g/mol. The number of carbonyl (C=O) groups excluding carboxylic acids is 2. The second-order valence-electron chi connectivity index (χ2n) is 12.1. The van der Waals surface area contributed by atoms with Crippen LogP contribution in [0.3, 0.4) is 0 Å². The van der Waals surface area contributed by atoms with Gasteiger partial charge in [0.15, 0.2) is 0 Å². The van der Waals surface area contributed by atoms with Crippen LogP contribution in [-0.2, 0) is 27.3 Å². The third kappa shape index (κ3) is 7.71. The highest BCUT2D eigenvalue weighted by molar-refractivity contribution is 5.82. The van der Waals surface area contributed by atoms with Crippen molar-refractivity contribution < 1.29 is 19.1 Å². The van der Waals surface area contributed by atoms with Crippen molar-refractivity contribution in [3.05, 3.63) is 70.7 Å². The number of benzene rings is 1. The van der Waals surface area contributed by atoms with E-state index in [1.807, 2.05) is 44.2 Å². The lowest BCUT2D eigenvalue weighted by Gasteiger charge is -2.41. The molecule has 3 aromatic rings. The van der Waals surface area contributed by atoms with E-state index < -0.39 is 23.7 Å². The van der Waals surface area contributed by atoms with Crippen LogP contribution in [-0.4, -0.2) is 64.8 Å². The molecular weight excluding hydrogens is 546 g/mol. The first-order chi connectivity index (χ1) is 20.6. The summed E-state index contributed by atoms with van der Waals surface area (Å²) in [6.07, 6.45) is 1.50. The Bertz CT molecular complexity index is 1450. The number of nitrogens with one attached hydrogen (secondary N) is 3. The lowest BCUT2D eigenvalue weighted by molar-refractivity contribution is -0.156. The second-order valence-corrected chi connectivity index (χ2v) is 12.1. The zero-order valence-electron chi connectivity index (χ0n) is 25.6. The van der Waals surface area contributed by atoms with Crippen molar-refractivity contribution in [3.8, 4) is 0 Å². The maximum absolute atomic E-state index is 13.0. The molecule has 2 aromatic heterocycles. The Morgan fingerprint density at radius 1 is 1.07 bits per heavy atom. The molecule has 3 N–H and O–H groups in total. The van der Waals surface area contributed by atoms with E-state index in [0.717, 1.165) is 60.9 Å². The largest absolute Gasteiger partial charge is 0.458 e. The van der Waals surface area contributed by atoms with E-state index in [9.17, 15) is 9.59 Å². The van der Waals surface area contributed by atoms with Crippen LogP contribution in [0.4, 0.5) is 22.2 Å². The van der Waals surface area contributed by atoms with Gasteiger partial charge in [0.05, 0.1) is 0 Å². The van der Waals surface area contributed by atoms with Gasteiger partial charge in [-0.05, 0) is 64.7 Å². The summed E-state index contributed by atoms with van der Waals surface area (Å²) >= 11 is 0. The number of alkyl carbamates (subject to hydrolysis) is 1. The maximum atomic E-state index is 13.0. The predicted molar refractivity (Wildman–Crippen MR) is 165 cm³/mol. The van der Waals surface area contributed by atoms with Crippen LogP contribution >= 0.6 is 0 Å². The van der Waals surface area contributed by atoms with Crippen molar-refractivity contribution in [2.24, 2.45) is 0 Å². The van der Waals surface area contributed by atoms with Crippen molar-refractivity contribution in [3.63, 3.8) is 0 Å². The molecule has 4 heterocycles. The SMILES string of the molecule is Cc1nc(NCC(NC(=O)OCc2ccccc2)C(=O)OC(C)(C)C)c(C)c(N2CC(c3ccc4c(n3)NCCC4)C2)n1. The fourth-order valence-electron chi connectivity index (χ4n) is 5.18. The van der Waals surface area contributed by atoms with E-state index in [0.29, 0.717) is 17.6 Å². The molecule has 43 heavy (non-hydrogen) atoms. The van der Waals surface area contributed by atoms with Gasteiger partial charge in [-0.15, -0.1) is 0 Å². The molecule has 0 saturated carbocycles.